The number of hydrogen-bond donors (Lipinski definition) is 2. The van der Waals surface area contributed by atoms with Crippen molar-refractivity contribution in [3.63, 3.8) is 0 Å². The lowest BCUT2D eigenvalue weighted by molar-refractivity contribution is -0.136. The van der Waals surface area contributed by atoms with Crippen LogP contribution in [0.5, 0.6) is 11.5 Å². The average Bonchev–Trinajstić information content (AvgIpc) is 2.86. The quantitative estimate of drug-likeness (QED) is 0.892. The Bertz CT molecular complexity index is 502. The number of likely N-dealkylation sites (N-methyl/N-ethyl adjacent to an activating group) is 1. The summed E-state index contributed by atoms with van der Waals surface area (Å²) in [5, 5.41) is 9.75. The van der Waals surface area contributed by atoms with Gasteiger partial charge in [-0.1, -0.05) is 18.9 Å². The van der Waals surface area contributed by atoms with E-state index in [2.05, 4.69) is 0 Å². The predicted molar refractivity (Wildman–Crippen MR) is 83.8 cm³/mol. The first-order valence-corrected chi connectivity index (χ1v) is 6.86. The summed E-state index contributed by atoms with van der Waals surface area (Å²) < 4.78 is 5.00. The number of hydrogen-bond acceptors (Lipinski definition) is 4. The molecule has 0 radical (unpaired) electrons. The van der Waals surface area contributed by atoms with Crippen LogP contribution in [0.4, 0.5) is 0 Å². The Hall–Kier alpha value is -1.46. The highest BCUT2D eigenvalue weighted by molar-refractivity contribution is 5.86. The first kappa shape index (κ1) is 17.6. The van der Waals surface area contributed by atoms with Gasteiger partial charge in [0.15, 0.2) is 11.5 Å². The maximum Gasteiger partial charge on any atom is 0.242 e. The molecule has 1 aliphatic carbocycles. The van der Waals surface area contributed by atoms with E-state index in [1.165, 1.54) is 7.11 Å². The number of amides is 1. The van der Waals surface area contributed by atoms with Crippen LogP contribution in [-0.4, -0.2) is 35.6 Å². The monoisotopic (exact) mass is 314 g/mol. The van der Waals surface area contributed by atoms with Gasteiger partial charge in [0.05, 0.1) is 12.6 Å². The van der Waals surface area contributed by atoms with E-state index in [4.69, 9.17) is 10.5 Å². The van der Waals surface area contributed by atoms with Crippen LogP contribution < -0.4 is 10.5 Å². The molecule has 6 heteroatoms. The highest BCUT2D eigenvalue weighted by Gasteiger charge is 2.38. The van der Waals surface area contributed by atoms with Gasteiger partial charge in [0.1, 0.15) is 0 Å². The topological polar surface area (TPSA) is 75.8 Å². The summed E-state index contributed by atoms with van der Waals surface area (Å²) in [6, 6.07) is 5.14. The Morgan fingerprint density at radius 3 is 2.57 bits per heavy atom. The molecule has 0 aromatic heterocycles. The van der Waals surface area contributed by atoms with Gasteiger partial charge in [0.25, 0.3) is 0 Å². The zero-order valence-corrected chi connectivity index (χ0v) is 13.3. The van der Waals surface area contributed by atoms with Crippen molar-refractivity contribution in [1.29, 1.82) is 0 Å². The fraction of sp³-hybridized carbons (Fsp3) is 0.533. The van der Waals surface area contributed by atoms with Gasteiger partial charge >= 0.3 is 0 Å². The van der Waals surface area contributed by atoms with Crippen LogP contribution in [0.2, 0.25) is 0 Å². The zero-order valence-electron chi connectivity index (χ0n) is 12.5. The van der Waals surface area contributed by atoms with Crippen molar-refractivity contribution in [2.24, 2.45) is 5.73 Å². The Kier molecular flexibility index (Phi) is 5.87. The molecular formula is C15H23ClN2O3. The third kappa shape index (κ3) is 3.80. The van der Waals surface area contributed by atoms with E-state index in [1.807, 2.05) is 6.07 Å². The molecule has 0 unspecified atom stereocenters. The number of ether oxygens (including phenoxy) is 1. The van der Waals surface area contributed by atoms with Crippen LogP contribution in [0, 0.1) is 0 Å². The molecular weight excluding hydrogens is 292 g/mol. The Morgan fingerprint density at radius 1 is 1.43 bits per heavy atom. The molecule has 1 aromatic carbocycles. The fourth-order valence-corrected chi connectivity index (χ4v) is 2.78. The van der Waals surface area contributed by atoms with E-state index >= 15 is 0 Å². The summed E-state index contributed by atoms with van der Waals surface area (Å²) in [5.74, 6) is 0.480. The Balaban J connectivity index is 0.00000220. The molecule has 1 aromatic rings. The van der Waals surface area contributed by atoms with E-state index in [-0.39, 0.29) is 24.1 Å². The SMILES string of the molecule is COc1ccc(CN(C)C(=O)C2(N)CCCC2)cc1O.Cl. The predicted octanol–water partition coefficient (Wildman–Crippen LogP) is 2.05. The number of halogens is 1. The second-order valence-electron chi connectivity index (χ2n) is 5.53. The van der Waals surface area contributed by atoms with E-state index < -0.39 is 5.54 Å². The minimum Gasteiger partial charge on any atom is -0.504 e. The minimum absolute atomic E-state index is 0. The number of rotatable bonds is 4. The molecule has 0 saturated heterocycles. The van der Waals surface area contributed by atoms with Gasteiger partial charge in [0.2, 0.25) is 5.91 Å². The normalized spacial score (nSPS) is 16.1. The molecule has 0 bridgehead atoms. The second kappa shape index (κ2) is 7.00. The number of aromatic hydroxyl groups is 1. The third-order valence-electron chi connectivity index (χ3n) is 3.93. The van der Waals surface area contributed by atoms with Crippen molar-refractivity contribution in [3.05, 3.63) is 23.8 Å². The zero-order chi connectivity index (χ0) is 14.8. The lowest BCUT2D eigenvalue weighted by Gasteiger charge is -2.28. The van der Waals surface area contributed by atoms with E-state index in [0.717, 1.165) is 31.2 Å². The molecule has 0 aliphatic heterocycles. The van der Waals surface area contributed by atoms with E-state index in [9.17, 15) is 9.90 Å². The molecule has 1 fully saturated rings. The number of phenolic OH excluding ortho intramolecular Hbond substituents is 1. The minimum atomic E-state index is -0.705. The first-order chi connectivity index (χ1) is 9.46. The molecule has 0 heterocycles. The summed E-state index contributed by atoms with van der Waals surface area (Å²) in [7, 11) is 3.25. The number of nitrogens with zero attached hydrogens (tertiary/aromatic N) is 1. The molecule has 5 nitrogen and oxygen atoms in total. The molecule has 0 atom stereocenters. The smallest absolute Gasteiger partial charge is 0.242 e. The van der Waals surface area contributed by atoms with Gasteiger partial charge in [-0.25, -0.2) is 0 Å². The molecule has 2 rings (SSSR count). The Morgan fingerprint density at radius 2 is 2.05 bits per heavy atom. The van der Waals surface area contributed by atoms with Gasteiger partial charge < -0.3 is 20.5 Å². The molecule has 3 N–H and O–H groups in total. The summed E-state index contributed by atoms with van der Waals surface area (Å²) >= 11 is 0. The van der Waals surface area contributed by atoms with Crippen molar-refractivity contribution in [1.82, 2.24) is 4.90 Å². The van der Waals surface area contributed by atoms with Gasteiger partial charge in [-0.3, -0.25) is 4.79 Å². The highest BCUT2D eigenvalue weighted by Crippen LogP contribution is 2.30. The van der Waals surface area contributed by atoms with Crippen molar-refractivity contribution in [2.75, 3.05) is 14.2 Å². The van der Waals surface area contributed by atoms with Gasteiger partial charge in [0, 0.05) is 13.6 Å². The molecule has 0 spiro atoms. The van der Waals surface area contributed by atoms with Gasteiger partial charge in [-0.15, -0.1) is 12.4 Å². The first-order valence-electron chi connectivity index (χ1n) is 6.86. The number of nitrogens with two attached hydrogens (primary N) is 1. The maximum atomic E-state index is 12.4. The number of phenols is 1. The number of carbonyl (C=O) groups excluding carboxylic acids is 1. The van der Waals surface area contributed by atoms with Gasteiger partial charge in [-0.05, 0) is 30.5 Å². The van der Waals surface area contributed by atoms with Crippen molar-refractivity contribution < 1.29 is 14.6 Å². The van der Waals surface area contributed by atoms with Gasteiger partial charge in [-0.2, -0.15) is 0 Å². The van der Waals surface area contributed by atoms with Crippen LogP contribution in [0.25, 0.3) is 0 Å². The third-order valence-corrected chi connectivity index (χ3v) is 3.93. The summed E-state index contributed by atoms with van der Waals surface area (Å²) in [6.07, 6.45) is 3.53. The van der Waals surface area contributed by atoms with Crippen LogP contribution in [0.3, 0.4) is 0 Å². The number of methoxy groups -OCH3 is 1. The summed E-state index contributed by atoms with van der Waals surface area (Å²) in [4.78, 5) is 14.0. The lowest BCUT2D eigenvalue weighted by atomic mass is 9.97. The highest BCUT2D eigenvalue weighted by atomic mass is 35.5. The number of carbonyl (C=O) groups is 1. The van der Waals surface area contributed by atoms with Crippen LogP contribution in [-0.2, 0) is 11.3 Å². The largest absolute Gasteiger partial charge is 0.504 e. The van der Waals surface area contributed by atoms with E-state index in [0.29, 0.717) is 12.3 Å². The van der Waals surface area contributed by atoms with Crippen LogP contribution in [0.15, 0.2) is 18.2 Å². The Labute approximate surface area is 131 Å². The lowest BCUT2D eigenvalue weighted by Crippen LogP contribution is -2.52. The molecule has 21 heavy (non-hydrogen) atoms. The molecule has 1 amide bonds. The molecule has 118 valence electrons. The van der Waals surface area contributed by atoms with Crippen molar-refractivity contribution in [2.45, 2.75) is 37.8 Å². The average molecular weight is 315 g/mol. The molecule has 1 aliphatic rings. The second-order valence-corrected chi connectivity index (χ2v) is 5.53. The number of benzene rings is 1. The van der Waals surface area contributed by atoms with Crippen molar-refractivity contribution in [3.8, 4) is 11.5 Å². The summed E-state index contributed by atoms with van der Waals surface area (Å²) in [5.41, 5.74) is 6.31. The van der Waals surface area contributed by atoms with E-state index in [1.54, 1.807) is 24.1 Å². The standard InChI is InChI=1S/C15H22N2O3.ClH/c1-17(14(19)15(16)7-3-4-8-15)10-11-5-6-13(20-2)12(18)9-11;/h5-6,9,18H,3-4,7-8,10,16H2,1-2H3;1H. The van der Waals surface area contributed by atoms with Crippen molar-refractivity contribution >= 4 is 18.3 Å². The van der Waals surface area contributed by atoms with Crippen LogP contribution >= 0.6 is 12.4 Å². The molecule has 1 saturated carbocycles. The fourth-order valence-electron chi connectivity index (χ4n) is 2.78. The summed E-state index contributed by atoms with van der Waals surface area (Å²) in [6.45, 7) is 0.426. The maximum absolute atomic E-state index is 12.4. The van der Waals surface area contributed by atoms with Crippen LogP contribution in [0.1, 0.15) is 31.2 Å².